The van der Waals surface area contributed by atoms with E-state index in [2.05, 4.69) is 15.2 Å². The minimum atomic E-state index is -3.24. The predicted octanol–water partition coefficient (Wildman–Crippen LogP) is 4.15. The first kappa shape index (κ1) is 19.8. The summed E-state index contributed by atoms with van der Waals surface area (Å²) < 4.78 is 24.6. The molecule has 1 aromatic carbocycles. The minimum Gasteiger partial charge on any atom is -0.291 e. The SMILES string of the molecule is O=C(Cc1ccc2c(c1)S(=O)(=O)CC2)c1nnc(Sc2c(Cl)cncc2Cl)s1. The van der Waals surface area contributed by atoms with Crippen LogP contribution in [0.4, 0.5) is 0 Å². The lowest BCUT2D eigenvalue weighted by molar-refractivity contribution is 0.0992. The van der Waals surface area contributed by atoms with Gasteiger partial charge in [0.1, 0.15) is 0 Å². The molecule has 0 unspecified atom stereocenters. The number of carbonyl (C=O) groups excluding carboxylic acids is 1. The van der Waals surface area contributed by atoms with Gasteiger partial charge in [-0.2, -0.15) is 0 Å². The van der Waals surface area contributed by atoms with Crippen LogP contribution < -0.4 is 0 Å². The van der Waals surface area contributed by atoms with Crippen molar-refractivity contribution < 1.29 is 13.2 Å². The second-order valence-electron chi connectivity index (χ2n) is 6.02. The molecule has 0 amide bonds. The number of rotatable bonds is 5. The first-order valence-electron chi connectivity index (χ1n) is 8.01. The minimum absolute atomic E-state index is 0.0544. The maximum atomic E-state index is 12.6. The van der Waals surface area contributed by atoms with Crippen LogP contribution in [0.25, 0.3) is 0 Å². The van der Waals surface area contributed by atoms with Crippen LogP contribution in [0.1, 0.15) is 20.9 Å². The van der Waals surface area contributed by atoms with Gasteiger partial charge < -0.3 is 0 Å². The number of aryl methyl sites for hydroxylation is 1. The third kappa shape index (κ3) is 3.95. The highest BCUT2D eigenvalue weighted by Gasteiger charge is 2.26. The van der Waals surface area contributed by atoms with Gasteiger partial charge in [-0.25, -0.2) is 8.42 Å². The number of aromatic nitrogens is 3. The fraction of sp³-hybridized carbons (Fsp3) is 0.176. The molecule has 0 aliphatic carbocycles. The zero-order valence-corrected chi connectivity index (χ0v) is 18.0. The van der Waals surface area contributed by atoms with Gasteiger partial charge in [0.05, 0.1) is 25.6 Å². The summed E-state index contributed by atoms with van der Waals surface area (Å²) in [7, 11) is -3.24. The predicted molar refractivity (Wildman–Crippen MR) is 109 cm³/mol. The Morgan fingerprint density at radius 1 is 1.18 bits per heavy atom. The van der Waals surface area contributed by atoms with Gasteiger partial charge >= 0.3 is 0 Å². The van der Waals surface area contributed by atoms with E-state index in [1.54, 1.807) is 18.2 Å². The monoisotopic (exact) mass is 471 g/mol. The second kappa shape index (κ2) is 7.72. The van der Waals surface area contributed by atoms with E-state index >= 15 is 0 Å². The molecule has 4 rings (SSSR count). The number of hydrogen-bond donors (Lipinski definition) is 0. The molecule has 0 bridgehead atoms. The number of halogens is 2. The van der Waals surface area contributed by atoms with E-state index in [9.17, 15) is 13.2 Å². The average molecular weight is 472 g/mol. The van der Waals surface area contributed by atoms with Crippen LogP contribution in [0, 0.1) is 0 Å². The molecule has 6 nitrogen and oxygen atoms in total. The smallest absolute Gasteiger partial charge is 0.197 e. The second-order valence-corrected chi connectivity index (χ2v) is 11.1. The van der Waals surface area contributed by atoms with E-state index in [1.807, 2.05) is 0 Å². The standard InChI is InChI=1S/C17H11Cl2N3O3S3/c18-11-7-20-8-12(19)15(11)26-17-22-21-16(27-17)13(23)5-9-1-2-10-3-4-28(24,25)14(10)6-9/h1-2,6-8H,3-5H2. The molecule has 0 spiro atoms. The molecule has 0 atom stereocenters. The number of sulfone groups is 1. The highest BCUT2D eigenvalue weighted by molar-refractivity contribution is 8.01. The third-order valence-corrected chi connectivity index (χ3v) is 8.86. The summed E-state index contributed by atoms with van der Waals surface area (Å²) in [5.74, 6) is -0.108. The summed E-state index contributed by atoms with van der Waals surface area (Å²) in [5, 5.41) is 8.98. The zero-order valence-electron chi connectivity index (χ0n) is 14.1. The summed E-state index contributed by atoms with van der Waals surface area (Å²) in [6, 6.07) is 5.14. The van der Waals surface area contributed by atoms with Crippen molar-refractivity contribution >= 4 is 61.9 Å². The van der Waals surface area contributed by atoms with Crippen LogP contribution >= 0.6 is 46.3 Å². The number of hydrogen-bond acceptors (Lipinski definition) is 8. The van der Waals surface area contributed by atoms with Crippen molar-refractivity contribution in [3.05, 3.63) is 56.8 Å². The van der Waals surface area contributed by atoms with Crippen LogP contribution in [-0.2, 0) is 22.7 Å². The fourth-order valence-electron chi connectivity index (χ4n) is 2.77. The van der Waals surface area contributed by atoms with Gasteiger partial charge in [-0.15, -0.1) is 10.2 Å². The molecular formula is C17H11Cl2N3O3S3. The van der Waals surface area contributed by atoms with Gasteiger partial charge in [0, 0.05) is 18.8 Å². The first-order valence-corrected chi connectivity index (χ1v) is 12.1. The number of carbonyl (C=O) groups is 1. The van der Waals surface area contributed by atoms with Crippen LogP contribution in [0.2, 0.25) is 10.0 Å². The Labute approximate surface area is 179 Å². The van der Waals surface area contributed by atoms with E-state index < -0.39 is 9.84 Å². The average Bonchev–Trinajstić information content (AvgIpc) is 3.23. The van der Waals surface area contributed by atoms with Crippen LogP contribution in [0.15, 0.2) is 44.7 Å². The molecule has 3 heterocycles. The van der Waals surface area contributed by atoms with Gasteiger partial charge in [0.25, 0.3) is 0 Å². The molecule has 2 aromatic heterocycles. The maximum Gasteiger partial charge on any atom is 0.197 e. The third-order valence-electron chi connectivity index (χ3n) is 4.12. The van der Waals surface area contributed by atoms with Crippen molar-refractivity contribution in [3.8, 4) is 0 Å². The Morgan fingerprint density at radius 2 is 1.93 bits per heavy atom. The molecule has 0 saturated carbocycles. The van der Waals surface area contributed by atoms with Crippen LogP contribution in [0.5, 0.6) is 0 Å². The highest BCUT2D eigenvalue weighted by atomic mass is 35.5. The first-order chi connectivity index (χ1) is 13.3. The molecule has 0 saturated heterocycles. The van der Waals surface area contributed by atoms with Crippen molar-refractivity contribution in [2.75, 3.05) is 5.75 Å². The van der Waals surface area contributed by atoms with Crippen molar-refractivity contribution in [2.45, 2.75) is 27.0 Å². The number of benzene rings is 1. The van der Waals surface area contributed by atoms with Gasteiger partial charge in [0.2, 0.25) is 0 Å². The molecule has 11 heteroatoms. The van der Waals surface area contributed by atoms with E-state index in [0.29, 0.717) is 36.2 Å². The number of Topliss-reactive ketones (excluding diaryl/α,β-unsaturated/α-hetero) is 1. The van der Waals surface area contributed by atoms with Crippen molar-refractivity contribution in [1.82, 2.24) is 15.2 Å². The zero-order chi connectivity index (χ0) is 19.9. The Kier molecular flexibility index (Phi) is 5.45. The number of nitrogens with zero attached hydrogens (tertiary/aromatic N) is 3. The van der Waals surface area contributed by atoms with Gasteiger partial charge in [0.15, 0.2) is 25.0 Å². The lowest BCUT2D eigenvalue weighted by atomic mass is 10.1. The van der Waals surface area contributed by atoms with Crippen molar-refractivity contribution in [3.63, 3.8) is 0 Å². The maximum absolute atomic E-state index is 12.6. The summed E-state index contributed by atoms with van der Waals surface area (Å²) in [4.78, 5) is 17.4. The summed E-state index contributed by atoms with van der Waals surface area (Å²) in [5.41, 5.74) is 1.44. The Hall–Kier alpha value is -1.52. The topological polar surface area (TPSA) is 89.9 Å². The quantitative estimate of drug-likeness (QED) is 0.516. The van der Waals surface area contributed by atoms with E-state index in [-0.39, 0.29) is 23.0 Å². The molecule has 1 aliphatic heterocycles. The normalized spacial score (nSPS) is 14.8. The Morgan fingerprint density at radius 3 is 2.68 bits per heavy atom. The largest absolute Gasteiger partial charge is 0.291 e. The molecule has 144 valence electrons. The molecule has 28 heavy (non-hydrogen) atoms. The number of fused-ring (bicyclic) bond motifs is 1. The van der Waals surface area contributed by atoms with Crippen molar-refractivity contribution in [1.29, 1.82) is 0 Å². The fourth-order valence-corrected chi connectivity index (χ4v) is 6.70. The summed E-state index contributed by atoms with van der Waals surface area (Å²) in [6.07, 6.45) is 3.53. The van der Waals surface area contributed by atoms with Gasteiger partial charge in [-0.05, 0) is 23.6 Å². The number of pyridine rings is 1. The van der Waals surface area contributed by atoms with Crippen molar-refractivity contribution in [2.24, 2.45) is 0 Å². The van der Waals surface area contributed by atoms with E-state index in [4.69, 9.17) is 23.2 Å². The van der Waals surface area contributed by atoms with Crippen LogP contribution in [0.3, 0.4) is 0 Å². The molecule has 0 fully saturated rings. The molecule has 0 radical (unpaired) electrons. The Balaban J connectivity index is 1.51. The van der Waals surface area contributed by atoms with Crippen LogP contribution in [-0.4, -0.2) is 35.1 Å². The summed E-state index contributed by atoms with van der Waals surface area (Å²) in [6.45, 7) is 0. The number of ketones is 1. The van der Waals surface area contributed by atoms with E-state index in [0.717, 1.165) is 16.9 Å². The lowest BCUT2D eigenvalue weighted by Gasteiger charge is -2.03. The summed E-state index contributed by atoms with van der Waals surface area (Å²) >= 11 is 14.5. The molecule has 0 N–H and O–H groups in total. The molecular weight excluding hydrogens is 461 g/mol. The van der Waals surface area contributed by atoms with E-state index in [1.165, 1.54) is 24.2 Å². The van der Waals surface area contributed by atoms with Gasteiger partial charge in [-0.1, -0.05) is 58.4 Å². The molecule has 1 aliphatic rings. The molecule has 3 aromatic rings. The van der Waals surface area contributed by atoms with Gasteiger partial charge in [-0.3, -0.25) is 9.78 Å². The Bertz CT molecular complexity index is 1180. The highest BCUT2D eigenvalue weighted by Crippen LogP contribution is 2.39. The lowest BCUT2D eigenvalue weighted by Crippen LogP contribution is -2.05.